The van der Waals surface area contributed by atoms with Crippen LogP contribution in [0, 0.1) is 5.41 Å². The lowest BCUT2D eigenvalue weighted by atomic mass is 9.84. The molecule has 0 saturated heterocycles. The van der Waals surface area contributed by atoms with Crippen molar-refractivity contribution in [1.29, 1.82) is 0 Å². The van der Waals surface area contributed by atoms with Crippen LogP contribution in [0.5, 0.6) is 0 Å². The van der Waals surface area contributed by atoms with Gasteiger partial charge in [0.15, 0.2) is 6.04 Å². The van der Waals surface area contributed by atoms with Crippen molar-refractivity contribution in [1.82, 2.24) is 14.2 Å². The number of methoxy groups -OCH3 is 1. The second-order valence-electron chi connectivity index (χ2n) is 14.0. The van der Waals surface area contributed by atoms with Crippen LogP contribution in [0.15, 0.2) is 108 Å². The summed E-state index contributed by atoms with van der Waals surface area (Å²) in [5, 5.41) is 11.5. The number of amides is 2. The molecule has 0 aliphatic heterocycles. The summed E-state index contributed by atoms with van der Waals surface area (Å²) in [6, 6.07) is 19.8. The van der Waals surface area contributed by atoms with E-state index in [0.29, 0.717) is 34.4 Å². The highest BCUT2D eigenvalue weighted by Crippen LogP contribution is 2.44. The van der Waals surface area contributed by atoms with Gasteiger partial charge in [-0.3, -0.25) is 4.79 Å². The van der Waals surface area contributed by atoms with Crippen LogP contribution in [0.4, 0.5) is 18.0 Å². The first-order valence-electron chi connectivity index (χ1n) is 17.1. The number of imide groups is 1. The smallest absolute Gasteiger partial charge is 0.417 e. The molecule has 5 rings (SSSR count). The number of nitrogens with zero attached hydrogens (tertiary/aromatic N) is 2. The first kappa shape index (κ1) is 40.6. The number of halogens is 3. The van der Waals surface area contributed by atoms with Gasteiger partial charge in [-0.1, -0.05) is 87.5 Å². The molecule has 0 unspecified atom stereocenters. The zero-order valence-corrected chi connectivity index (χ0v) is 31.8. The number of aliphatic hydroxyl groups excluding tert-OH is 1. The van der Waals surface area contributed by atoms with E-state index in [9.17, 15) is 23.1 Å². The quantitative estimate of drug-likeness (QED) is 0.111. The molecule has 15 heteroatoms. The first-order chi connectivity index (χ1) is 25.5. The Morgan fingerprint density at radius 2 is 1.50 bits per heavy atom. The molecule has 54 heavy (non-hydrogen) atoms. The predicted molar refractivity (Wildman–Crippen MR) is 201 cm³/mol. The van der Waals surface area contributed by atoms with Gasteiger partial charge in [-0.05, 0) is 58.7 Å². The summed E-state index contributed by atoms with van der Waals surface area (Å²) in [6.07, 6.45) is -4.79. The number of hydrogen-bond donors (Lipinski definition) is 3. The maximum Gasteiger partial charge on any atom is 0.417 e. The lowest BCUT2D eigenvalue weighted by molar-refractivity contribution is -0.186. The minimum atomic E-state index is -5.22. The minimum absolute atomic E-state index is 0.0210. The van der Waals surface area contributed by atoms with Gasteiger partial charge in [0, 0.05) is 33.9 Å². The molecule has 0 bridgehead atoms. The Morgan fingerprint density at radius 1 is 0.907 bits per heavy atom. The largest absolute Gasteiger partial charge is 0.452 e. The molecule has 2 aromatic heterocycles. The van der Waals surface area contributed by atoms with Crippen LogP contribution >= 0.6 is 11.3 Å². The maximum absolute atomic E-state index is 15.2. The number of ether oxygens (including phenoxy) is 1. The standard InChI is InChI=1S/C39H43F3N4O6S2/c1-38(2,3)20-22-45(54(50,51)28-16-15-25-19-21-44-29(25)23-28)30(24-47)31-17-18-32(53-31)35(39(40,41)42)46(37(49)52-4)36(48)34(43)33(26-11-7-5-8-12-26)27-13-9-6-10-14-27/h5-19,21,23,30,33-35,44,47H,20,22,24,43H2,1-4H3/t30-,34+,35-/m1/s1. The van der Waals surface area contributed by atoms with Crippen molar-refractivity contribution in [2.45, 2.75) is 62.3 Å². The fourth-order valence-corrected chi connectivity index (χ4v) is 9.24. The first-order valence-corrected chi connectivity index (χ1v) is 19.4. The molecule has 4 N–H and O–H groups in total. The number of aromatic nitrogens is 1. The number of alkyl halides is 3. The van der Waals surface area contributed by atoms with Gasteiger partial charge in [0.25, 0.3) is 5.91 Å². The van der Waals surface area contributed by atoms with Crippen LogP contribution in [-0.2, 0) is 19.6 Å². The van der Waals surface area contributed by atoms with Crippen LogP contribution in [0.3, 0.4) is 0 Å². The number of aliphatic hydroxyl groups is 1. The van der Waals surface area contributed by atoms with Crippen molar-refractivity contribution in [3.63, 3.8) is 0 Å². The van der Waals surface area contributed by atoms with E-state index in [4.69, 9.17) is 10.5 Å². The van der Waals surface area contributed by atoms with Crippen molar-refractivity contribution in [2.24, 2.45) is 11.1 Å². The van der Waals surface area contributed by atoms with Gasteiger partial charge in [-0.15, -0.1) is 11.3 Å². The van der Waals surface area contributed by atoms with E-state index in [-0.39, 0.29) is 26.6 Å². The van der Waals surface area contributed by atoms with Crippen LogP contribution in [0.1, 0.15) is 66.1 Å². The molecule has 0 aliphatic rings. The Morgan fingerprint density at radius 3 is 2.04 bits per heavy atom. The average molecular weight is 785 g/mol. The van der Waals surface area contributed by atoms with Crippen molar-refractivity contribution < 1.29 is 41.0 Å². The van der Waals surface area contributed by atoms with Crippen LogP contribution < -0.4 is 5.73 Å². The van der Waals surface area contributed by atoms with E-state index in [0.717, 1.165) is 22.9 Å². The Bertz CT molecular complexity index is 2110. The molecule has 288 valence electrons. The second kappa shape index (κ2) is 16.4. The van der Waals surface area contributed by atoms with Crippen molar-refractivity contribution in [3.05, 3.63) is 124 Å². The SMILES string of the molecule is COC(=O)N(C(=O)[C@@H](N)C(c1ccccc1)c1ccccc1)[C@H](c1ccc([C@@H](CO)N(CCC(C)(C)C)S(=O)(=O)c2ccc3cc[nH]c3c2)s1)C(F)(F)F. The topological polar surface area (TPSA) is 146 Å². The molecular formula is C39H43F3N4O6S2. The molecule has 2 heterocycles. The summed E-state index contributed by atoms with van der Waals surface area (Å²) in [7, 11) is -3.47. The van der Waals surface area contributed by atoms with Crippen LogP contribution in [0.2, 0.25) is 0 Å². The number of benzene rings is 3. The number of fused-ring (bicyclic) bond motifs is 1. The Hall–Kier alpha value is -4.54. The molecule has 0 saturated carbocycles. The number of H-pyrrole nitrogens is 1. The third-order valence-corrected chi connectivity index (χ3v) is 12.3. The van der Waals surface area contributed by atoms with E-state index >= 15 is 13.2 Å². The molecule has 3 atom stereocenters. The number of nitrogens with one attached hydrogen (secondary N) is 1. The zero-order chi connectivity index (χ0) is 39.4. The summed E-state index contributed by atoms with van der Waals surface area (Å²) in [5.74, 6) is -2.28. The summed E-state index contributed by atoms with van der Waals surface area (Å²) in [4.78, 5) is 29.9. The fourth-order valence-electron chi connectivity index (χ4n) is 6.32. The predicted octanol–water partition coefficient (Wildman–Crippen LogP) is 7.75. The molecule has 5 aromatic rings. The Labute approximate surface area is 316 Å². The van der Waals surface area contributed by atoms with Gasteiger partial charge < -0.3 is 20.6 Å². The highest BCUT2D eigenvalue weighted by Gasteiger charge is 2.52. The Balaban J connectivity index is 1.57. The van der Waals surface area contributed by atoms with Gasteiger partial charge in [-0.2, -0.15) is 17.5 Å². The third kappa shape index (κ3) is 8.87. The number of sulfonamides is 1. The Kier molecular flexibility index (Phi) is 12.4. The van der Waals surface area contributed by atoms with Gasteiger partial charge >= 0.3 is 12.3 Å². The van der Waals surface area contributed by atoms with Gasteiger partial charge in [0.05, 0.1) is 30.7 Å². The average Bonchev–Trinajstić information content (AvgIpc) is 3.81. The van der Waals surface area contributed by atoms with E-state index in [2.05, 4.69) is 4.98 Å². The fraction of sp³-hybridized carbons (Fsp3) is 0.333. The summed E-state index contributed by atoms with van der Waals surface area (Å²) in [6.45, 7) is 4.90. The lowest BCUT2D eigenvalue weighted by Crippen LogP contribution is -2.53. The number of carbonyl (C=O) groups excluding carboxylic acids is 2. The van der Waals surface area contributed by atoms with E-state index in [1.807, 2.05) is 20.8 Å². The molecule has 0 radical (unpaired) electrons. The minimum Gasteiger partial charge on any atom is -0.452 e. The molecule has 0 spiro atoms. The van der Waals surface area contributed by atoms with Crippen LogP contribution in [0.25, 0.3) is 10.9 Å². The number of thiophene rings is 1. The van der Waals surface area contributed by atoms with Crippen molar-refractivity contribution in [3.8, 4) is 0 Å². The number of carbonyl (C=O) groups is 2. The summed E-state index contributed by atoms with van der Waals surface area (Å²) >= 11 is 0.529. The van der Waals surface area contributed by atoms with E-state index < -0.39 is 63.7 Å². The van der Waals surface area contributed by atoms with Crippen molar-refractivity contribution >= 4 is 44.3 Å². The monoisotopic (exact) mass is 784 g/mol. The highest BCUT2D eigenvalue weighted by molar-refractivity contribution is 7.89. The second-order valence-corrected chi connectivity index (χ2v) is 17.1. The van der Waals surface area contributed by atoms with Crippen LogP contribution in [-0.4, -0.2) is 72.2 Å². The van der Waals surface area contributed by atoms with Gasteiger partial charge in [0.2, 0.25) is 10.0 Å². The van der Waals surface area contributed by atoms with Gasteiger partial charge in [-0.25, -0.2) is 18.1 Å². The molecule has 0 fully saturated rings. The number of rotatable bonds is 13. The van der Waals surface area contributed by atoms with Gasteiger partial charge in [0.1, 0.15) is 0 Å². The number of aromatic amines is 1. The third-order valence-electron chi connectivity index (χ3n) is 9.12. The summed E-state index contributed by atoms with van der Waals surface area (Å²) in [5.41, 5.74) is 7.80. The molecule has 10 nitrogen and oxygen atoms in total. The normalized spacial score (nSPS) is 14.3. The molecule has 2 amide bonds. The lowest BCUT2D eigenvalue weighted by Gasteiger charge is -2.34. The molecule has 3 aromatic carbocycles. The molecular weight excluding hydrogens is 742 g/mol. The maximum atomic E-state index is 15.2. The molecule has 0 aliphatic carbocycles. The van der Waals surface area contributed by atoms with Crippen molar-refractivity contribution in [2.75, 3.05) is 20.3 Å². The zero-order valence-electron chi connectivity index (χ0n) is 30.2. The number of nitrogens with two attached hydrogens (primary N) is 1. The van der Waals surface area contributed by atoms with E-state index in [1.54, 1.807) is 79.0 Å². The van der Waals surface area contributed by atoms with E-state index in [1.165, 1.54) is 18.2 Å². The highest BCUT2D eigenvalue weighted by atomic mass is 32.2. The summed E-state index contributed by atoms with van der Waals surface area (Å²) < 4.78 is 80.1. The number of hydrogen-bond acceptors (Lipinski definition) is 8.